The number of likely N-dealkylation sites (tertiary alicyclic amines) is 1. The maximum absolute atomic E-state index is 12.0. The summed E-state index contributed by atoms with van der Waals surface area (Å²) in [6, 6.07) is 1.59. The first-order valence-electron chi connectivity index (χ1n) is 8.14. The number of rotatable bonds is 5. The highest BCUT2D eigenvalue weighted by atomic mass is 16.5. The molecule has 0 amide bonds. The molecule has 0 aliphatic carbocycles. The molecule has 2 atom stereocenters. The van der Waals surface area contributed by atoms with Crippen LogP contribution in [-0.4, -0.2) is 62.2 Å². The maximum Gasteiger partial charge on any atom is 0.302 e. The second-order valence-electron chi connectivity index (χ2n) is 6.28. The van der Waals surface area contributed by atoms with E-state index >= 15 is 0 Å². The van der Waals surface area contributed by atoms with Crippen LogP contribution >= 0.6 is 0 Å². The van der Waals surface area contributed by atoms with Crippen LogP contribution in [0.1, 0.15) is 42.1 Å². The minimum absolute atomic E-state index is 0.110. The lowest BCUT2D eigenvalue weighted by atomic mass is 9.84. The smallest absolute Gasteiger partial charge is 0.302 e. The molecule has 2 rings (SSSR count). The van der Waals surface area contributed by atoms with E-state index in [9.17, 15) is 14.7 Å². The van der Waals surface area contributed by atoms with E-state index < -0.39 is 6.10 Å². The summed E-state index contributed by atoms with van der Waals surface area (Å²) >= 11 is 0. The number of nitrogens with zero attached hydrogens (tertiary/aromatic N) is 1. The number of likely N-dealkylation sites (N-methyl/N-ethyl adjacent to an activating group) is 1. The first-order valence-corrected chi connectivity index (χ1v) is 8.14. The molecule has 25 heavy (non-hydrogen) atoms. The van der Waals surface area contributed by atoms with Gasteiger partial charge in [0.25, 0.3) is 0 Å². The van der Waals surface area contributed by atoms with Crippen molar-refractivity contribution in [3.8, 4) is 17.2 Å². The van der Waals surface area contributed by atoms with Crippen LogP contribution in [0, 0.1) is 0 Å². The topological polar surface area (TPSA) is 85.3 Å². The Labute approximate surface area is 147 Å². The molecule has 0 bridgehead atoms. The second kappa shape index (κ2) is 7.74. The number of aromatic hydroxyl groups is 1. The molecule has 1 aromatic rings. The number of phenolic OH excluding ortho intramolecular Hbond substituents is 1. The van der Waals surface area contributed by atoms with Crippen LogP contribution in [-0.2, 0) is 9.53 Å². The van der Waals surface area contributed by atoms with E-state index in [2.05, 4.69) is 4.90 Å². The molecule has 0 spiro atoms. The first-order chi connectivity index (χ1) is 11.8. The largest absolute Gasteiger partial charge is 0.507 e. The summed E-state index contributed by atoms with van der Waals surface area (Å²) in [5.74, 6) is -0.484. The third kappa shape index (κ3) is 3.87. The monoisotopic (exact) mass is 351 g/mol. The number of methoxy groups -OCH3 is 2. The van der Waals surface area contributed by atoms with Gasteiger partial charge in [-0.2, -0.15) is 0 Å². The fourth-order valence-electron chi connectivity index (χ4n) is 3.40. The Balaban J connectivity index is 2.60. The fraction of sp³-hybridized carbons (Fsp3) is 0.556. The third-order valence-corrected chi connectivity index (χ3v) is 4.51. The Morgan fingerprint density at radius 2 is 1.84 bits per heavy atom. The molecule has 1 aromatic carbocycles. The van der Waals surface area contributed by atoms with Gasteiger partial charge >= 0.3 is 5.97 Å². The van der Waals surface area contributed by atoms with Crippen LogP contribution in [0.25, 0.3) is 0 Å². The predicted octanol–water partition coefficient (Wildman–Crippen LogP) is 1.96. The third-order valence-electron chi connectivity index (χ3n) is 4.51. The van der Waals surface area contributed by atoms with E-state index in [1.807, 2.05) is 7.05 Å². The highest BCUT2D eigenvalue weighted by Crippen LogP contribution is 2.46. The summed E-state index contributed by atoms with van der Waals surface area (Å²) in [6.45, 7) is 4.03. The number of ketones is 1. The minimum atomic E-state index is -0.441. The zero-order valence-corrected chi connectivity index (χ0v) is 15.3. The first kappa shape index (κ1) is 19.1. The molecule has 0 saturated carbocycles. The molecule has 1 N–H and O–H groups in total. The normalized spacial score (nSPS) is 20.8. The Morgan fingerprint density at radius 1 is 1.20 bits per heavy atom. The molecule has 7 heteroatoms. The van der Waals surface area contributed by atoms with Gasteiger partial charge < -0.3 is 24.2 Å². The molecule has 1 saturated heterocycles. The van der Waals surface area contributed by atoms with Crippen LogP contribution in [0.3, 0.4) is 0 Å². The lowest BCUT2D eigenvalue weighted by molar-refractivity contribution is -0.149. The summed E-state index contributed by atoms with van der Waals surface area (Å²) in [4.78, 5) is 25.6. The minimum Gasteiger partial charge on any atom is -0.507 e. The zero-order chi connectivity index (χ0) is 18.7. The van der Waals surface area contributed by atoms with E-state index in [0.717, 1.165) is 6.54 Å². The zero-order valence-electron chi connectivity index (χ0n) is 15.3. The van der Waals surface area contributed by atoms with Crippen molar-refractivity contribution in [3.05, 3.63) is 17.2 Å². The van der Waals surface area contributed by atoms with E-state index in [-0.39, 0.29) is 34.7 Å². The molecule has 1 heterocycles. The summed E-state index contributed by atoms with van der Waals surface area (Å²) in [5.41, 5.74) is 0.589. The van der Waals surface area contributed by atoms with Gasteiger partial charge in [-0.3, -0.25) is 9.59 Å². The molecule has 0 unspecified atom stereocenters. The van der Waals surface area contributed by atoms with E-state index in [1.54, 1.807) is 6.07 Å². The number of carbonyl (C=O) groups is 2. The summed E-state index contributed by atoms with van der Waals surface area (Å²) < 4.78 is 16.1. The lowest BCUT2D eigenvalue weighted by Crippen LogP contribution is -2.43. The summed E-state index contributed by atoms with van der Waals surface area (Å²) in [7, 11) is 4.86. The van der Waals surface area contributed by atoms with Gasteiger partial charge in [-0.05, 0) is 26.9 Å². The molecule has 0 aromatic heterocycles. The highest BCUT2D eigenvalue weighted by Gasteiger charge is 2.37. The van der Waals surface area contributed by atoms with Crippen molar-refractivity contribution in [3.63, 3.8) is 0 Å². The average Bonchev–Trinajstić information content (AvgIpc) is 2.53. The van der Waals surface area contributed by atoms with Crippen LogP contribution in [0.15, 0.2) is 6.07 Å². The van der Waals surface area contributed by atoms with Crippen molar-refractivity contribution in [1.29, 1.82) is 0 Å². The number of hydrogen-bond acceptors (Lipinski definition) is 7. The SMILES string of the molecule is COc1cc(OC)c([C@@H]2CCN(C)C[C@H]2OC(C)=O)c(O)c1C(C)=O. The highest BCUT2D eigenvalue weighted by molar-refractivity contribution is 6.00. The lowest BCUT2D eigenvalue weighted by Gasteiger charge is -2.37. The molecule has 0 radical (unpaired) electrons. The van der Waals surface area contributed by atoms with Gasteiger partial charge in [-0.15, -0.1) is 0 Å². The van der Waals surface area contributed by atoms with Crippen molar-refractivity contribution in [2.24, 2.45) is 0 Å². The van der Waals surface area contributed by atoms with Crippen molar-refractivity contribution >= 4 is 11.8 Å². The quantitative estimate of drug-likeness (QED) is 0.641. The summed E-state index contributed by atoms with van der Waals surface area (Å²) in [5, 5.41) is 10.8. The number of piperidine rings is 1. The Kier molecular flexibility index (Phi) is 5.89. The van der Waals surface area contributed by atoms with Crippen LogP contribution in [0.4, 0.5) is 0 Å². The van der Waals surface area contributed by atoms with Gasteiger partial charge in [0.2, 0.25) is 0 Å². The van der Waals surface area contributed by atoms with Gasteiger partial charge in [0.15, 0.2) is 5.78 Å². The van der Waals surface area contributed by atoms with Crippen molar-refractivity contribution in [2.75, 3.05) is 34.4 Å². The number of ether oxygens (including phenoxy) is 3. The van der Waals surface area contributed by atoms with E-state index in [4.69, 9.17) is 14.2 Å². The van der Waals surface area contributed by atoms with Crippen LogP contribution in [0.2, 0.25) is 0 Å². The van der Waals surface area contributed by atoms with Crippen LogP contribution < -0.4 is 9.47 Å². The van der Waals surface area contributed by atoms with Crippen molar-refractivity contribution in [1.82, 2.24) is 4.90 Å². The Morgan fingerprint density at radius 3 is 2.36 bits per heavy atom. The number of esters is 1. The molecule has 1 aliphatic rings. The second-order valence-corrected chi connectivity index (χ2v) is 6.28. The van der Waals surface area contributed by atoms with Crippen molar-refractivity contribution in [2.45, 2.75) is 32.3 Å². The number of hydrogen-bond donors (Lipinski definition) is 1. The van der Waals surface area contributed by atoms with Gasteiger partial charge in [-0.25, -0.2) is 0 Å². The molecular formula is C18H25NO6. The molecule has 7 nitrogen and oxygen atoms in total. The van der Waals surface area contributed by atoms with Gasteiger partial charge in [0, 0.05) is 31.0 Å². The van der Waals surface area contributed by atoms with E-state index in [1.165, 1.54) is 28.1 Å². The molecule has 1 aliphatic heterocycles. The number of Topliss-reactive ketones (excluding diaryl/α,β-unsaturated/α-hetero) is 1. The predicted molar refractivity (Wildman–Crippen MR) is 91.6 cm³/mol. The van der Waals surface area contributed by atoms with Gasteiger partial charge in [0.1, 0.15) is 28.9 Å². The number of phenols is 1. The Bertz CT molecular complexity index is 672. The standard InChI is InChI=1S/C18H25NO6/c1-10(20)16-13(23-4)8-14(24-5)17(18(16)22)12-6-7-19(3)9-15(12)25-11(2)21/h8,12,15,22H,6-7,9H2,1-5H3/t12-,15-/m1/s1. The molecular weight excluding hydrogens is 326 g/mol. The summed E-state index contributed by atoms with van der Waals surface area (Å²) in [6.07, 6.45) is 0.214. The fourth-order valence-corrected chi connectivity index (χ4v) is 3.40. The average molecular weight is 351 g/mol. The Hall–Kier alpha value is -2.28. The van der Waals surface area contributed by atoms with Gasteiger partial charge in [-0.1, -0.05) is 0 Å². The van der Waals surface area contributed by atoms with Crippen LogP contribution in [0.5, 0.6) is 17.2 Å². The van der Waals surface area contributed by atoms with E-state index in [0.29, 0.717) is 24.3 Å². The number of benzene rings is 1. The molecule has 1 fully saturated rings. The molecule has 138 valence electrons. The van der Waals surface area contributed by atoms with Gasteiger partial charge in [0.05, 0.1) is 14.2 Å². The number of carbonyl (C=O) groups excluding carboxylic acids is 2. The van der Waals surface area contributed by atoms with Crippen molar-refractivity contribution < 1.29 is 28.9 Å². The maximum atomic E-state index is 12.0.